The number of nitrogens with one attached hydrogen (secondary N) is 1. The van der Waals surface area contributed by atoms with Crippen molar-refractivity contribution in [3.05, 3.63) is 45.1 Å². The summed E-state index contributed by atoms with van der Waals surface area (Å²) in [5, 5.41) is 7.29. The van der Waals surface area contributed by atoms with Gasteiger partial charge in [-0.2, -0.15) is 5.10 Å². The minimum Gasteiger partial charge on any atom is -0.319 e. The zero-order chi connectivity index (χ0) is 14.3. The Morgan fingerprint density at radius 3 is 2.75 bits per heavy atom. The molecule has 0 aliphatic heterocycles. The van der Waals surface area contributed by atoms with Gasteiger partial charge in [0.25, 0.3) is 0 Å². The lowest BCUT2D eigenvalue weighted by molar-refractivity contribution is 0.423. The van der Waals surface area contributed by atoms with Crippen LogP contribution in [-0.2, 0) is 5.54 Å². The first-order valence-electron chi connectivity index (χ1n) is 6.74. The van der Waals surface area contributed by atoms with Gasteiger partial charge in [0.1, 0.15) is 0 Å². The van der Waals surface area contributed by atoms with Crippen LogP contribution in [0.4, 0.5) is 0 Å². The molecule has 2 aromatic rings. The average Bonchev–Trinajstić information content (AvgIpc) is 3.00. The van der Waals surface area contributed by atoms with Crippen LogP contribution in [0, 0.1) is 6.92 Å². The van der Waals surface area contributed by atoms with Crippen molar-refractivity contribution in [1.29, 1.82) is 0 Å². The van der Waals surface area contributed by atoms with Gasteiger partial charge in [0.15, 0.2) is 5.82 Å². The Morgan fingerprint density at radius 2 is 2.10 bits per heavy atom. The Morgan fingerprint density at radius 1 is 1.40 bits per heavy atom. The lowest BCUT2D eigenvalue weighted by Gasteiger charge is -2.22. The Hall–Kier alpha value is -1.59. The summed E-state index contributed by atoms with van der Waals surface area (Å²) >= 11 is 6.15. The van der Waals surface area contributed by atoms with Crippen LogP contribution < -0.4 is 11.4 Å². The van der Waals surface area contributed by atoms with E-state index in [0.717, 1.165) is 31.2 Å². The standard InChI is InChI=1S/C14H17ClN4O/c1-9-4-5-10(8-11(9)15)19-12(17-18-13(19)20)14(16)6-2-3-7-14/h4-5,8H,2-3,6-7,16H2,1H3,(H,18,20). The molecule has 106 valence electrons. The molecule has 0 unspecified atom stereocenters. The minimum absolute atomic E-state index is 0.281. The lowest BCUT2D eigenvalue weighted by atomic mass is 9.98. The molecule has 1 aromatic heterocycles. The van der Waals surface area contributed by atoms with Crippen LogP contribution in [0.5, 0.6) is 0 Å². The number of nitrogens with zero attached hydrogens (tertiary/aromatic N) is 2. The quantitative estimate of drug-likeness (QED) is 0.891. The monoisotopic (exact) mass is 292 g/mol. The van der Waals surface area contributed by atoms with E-state index in [9.17, 15) is 4.79 Å². The summed E-state index contributed by atoms with van der Waals surface area (Å²) in [6, 6.07) is 5.52. The highest BCUT2D eigenvalue weighted by Gasteiger charge is 2.36. The molecule has 1 fully saturated rings. The van der Waals surface area contributed by atoms with E-state index in [1.165, 1.54) is 4.57 Å². The second-order valence-corrected chi connectivity index (χ2v) is 5.89. The molecule has 1 saturated carbocycles. The molecule has 0 atom stereocenters. The van der Waals surface area contributed by atoms with E-state index in [1.807, 2.05) is 19.1 Å². The Kier molecular flexibility index (Phi) is 3.18. The summed E-state index contributed by atoms with van der Waals surface area (Å²) in [6.45, 7) is 1.92. The van der Waals surface area contributed by atoms with Crippen molar-refractivity contribution in [2.24, 2.45) is 5.73 Å². The number of aromatic nitrogens is 3. The average molecular weight is 293 g/mol. The lowest BCUT2D eigenvalue weighted by Crippen LogP contribution is -2.37. The maximum atomic E-state index is 12.1. The fourth-order valence-electron chi connectivity index (χ4n) is 2.82. The van der Waals surface area contributed by atoms with Gasteiger partial charge in [0.05, 0.1) is 11.2 Å². The molecule has 20 heavy (non-hydrogen) atoms. The van der Waals surface area contributed by atoms with Gasteiger partial charge in [-0.25, -0.2) is 14.5 Å². The Balaban J connectivity index is 2.16. The maximum Gasteiger partial charge on any atom is 0.347 e. The minimum atomic E-state index is -0.531. The highest BCUT2D eigenvalue weighted by atomic mass is 35.5. The van der Waals surface area contributed by atoms with Gasteiger partial charge in [-0.05, 0) is 37.5 Å². The van der Waals surface area contributed by atoms with Gasteiger partial charge in [0.2, 0.25) is 0 Å². The van der Waals surface area contributed by atoms with Gasteiger partial charge in [-0.15, -0.1) is 0 Å². The summed E-state index contributed by atoms with van der Waals surface area (Å²) in [5.74, 6) is 0.597. The highest BCUT2D eigenvalue weighted by molar-refractivity contribution is 6.31. The SMILES string of the molecule is Cc1ccc(-n2c(C3(N)CCCC3)n[nH]c2=O)cc1Cl. The molecule has 1 aromatic carbocycles. The van der Waals surface area contributed by atoms with E-state index >= 15 is 0 Å². The van der Waals surface area contributed by atoms with E-state index in [1.54, 1.807) is 6.07 Å². The van der Waals surface area contributed by atoms with Gasteiger partial charge in [-0.1, -0.05) is 30.5 Å². The number of aromatic amines is 1. The van der Waals surface area contributed by atoms with Crippen molar-refractivity contribution in [2.75, 3.05) is 0 Å². The number of hydrogen-bond acceptors (Lipinski definition) is 3. The number of halogens is 1. The van der Waals surface area contributed by atoms with Gasteiger partial charge in [0, 0.05) is 5.02 Å². The molecule has 1 aliphatic rings. The van der Waals surface area contributed by atoms with Crippen molar-refractivity contribution in [3.63, 3.8) is 0 Å². The molecular formula is C14H17ClN4O. The van der Waals surface area contributed by atoms with E-state index in [0.29, 0.717) is 16.5 Å². The van der Waals surface area contributed by atoms with E-state index in [-0.39, 0.29) is 5.69 Å². The van der Waals surface area contributed by atoms with Gasteiger partial charge < -0.3 is 5.73 Å². The number of hydrogen-bond donors (Lipinski definition) is 2. The van der Waals surface area contributed by atoms with Gasteiger partial charge >= 0.3 is 5.69 Å². The maximum absolute atomic E-state index is 12.1. The summed E-state index contributed by atoms with van der Waals surface area (Å²) in [7, 11) is 0. The fraction of sp³-hybridized carbons (Fsp3) is 0.429. The van der Waals surface area contributed by atoms with Crippen molar-refractivity contribution in [1.82, 2.24) is 14.8 Å². The van der Waals surface area contributed by atoms with Crippen molar-refractivity contribution >= 4 is 11.6 Å². The molecule has 3 N–H and O–H groups in total. The molecule has 1 aliphatic carbocycles. The molecule has 1 heterocycles. The number of aryl methyl sites for hydroxylation is 1. The summed E-state index contributed by atoms with van der Waals surface area (Å²) < 4.78 is 1.54. The molecule has 0 bridgehead atoms. The molecule has 0 radical (unpaired) electrons. The van der Waals surface area contributed by atoms with E-state index < -0.39 is 5.54 Å². The summed E-state index contributed by atoms with van der Waals surface area (Å²) in [5.41, 5.74) is 7.28. The van der Waals surface area contributed by atoms with Crippen LogP contribution >= 0.6 is 11.6 Å². The van der Waals surface area contributed by atoms with Crippen molar-refractivity contribution in [2.45, 2.75) is 38.1 Å². The first-order chi connectivity index (χ1) is 9.51. The third kappa shape index (κ3) is 2.07. The number of benzene rings is 1. The Labute approximate surface area is 121 Å². The van der Waals surface area contributed by atoms with E-state index in [4.69, 9.17) is 17.3 Å². The van der Waals surface area contributed by atoms with Gasteiger partial charge in [-0.3, -0.25) is 0 Å². The second-order valence-electron chi connectivity index (χ2n) is 5.48. The third-order valence-electron chi connectivity index (χ3n) is 4.03. The van der Waals surface area contributed by atoms with Crippen LogP contribution in [0.15, 0.2) is 23.0 Å². The topological polar surface area (TPSA) is 76.7 Å². The molecule has 5 nitrogen and oxygen atoms in total. The number of rotatable bonds is 2. The van der Waals surface area contributed by atoms with Crippen LogP contribution in [0.2, 0.25) is 5.02 Å². The predicted molar refractivity (Wildman–Crippen MR) is 78.3 cm³/mol. The zero-order valence-electron chi connectivity index (χ0n) is 11.3. The van der Waals surface area contributed by atoms with E-state index in [2.05, 4.69) is 10.2 Å². The Bertz CT molecular complexity index is 697. The zero-order valence-corrected chi connectivity index (χ0v) is 12.1. The molecule has 3 rings (SSSR count). The first-order valence-corrected chi connectivity index (χ1v) is 7.12. The van der Waals surface area contributed by atoms with Crippen molar-refractivity contribution in [3.8, 4) is 5.69 Å². The van der Waals surface area contributed by atoms with Crippen molar-refractivity contribution < 1.29 is 0 Å². The predicted octanol–water partition coefficient (Wildman–Crippen LogP) is 2.25. The van der Waals surface area contributed by atoms with Crippen LogP contribution in [0.1, 0.15) is 37.1 Å². The van der Waals surface area contributed by atoms with Crippen LogP contribution in [0.3, 0.4) is 0 Å². The summed E-state index contributed by atoms with van der Waals surface area (Å²) in [4.78, 5) is 12.1. The third-order valence-corrected chi connectivity index (χ3v) is 4.43. The fourth-order valence-corrected chi connectivity index (χ4v) is 3.00. The smallest absolute Gasteiger partial charge is 0.319 e. The van der Waals surface area contributed by atoms with Crippen LogP contribution in [-0.4, -0.2) is 14.8 Å². The molecule has 0 amide bonds. The highest BCUT2D eigenvalue weighted by Crippen LogP contribution is 2.35. The number of nitrogens with two attached hydrogens (primary N) is 1. The molecular weight excluding hydrogens is 276 g/mol. The van der Waals surface area contributed by atoms with Crippen LogP contribution in [0.25, 0.3) is 5.69 Å². The molecule has 0 spiro atoms. The first kappa shape index (κ1) is 13.4. The summed E-state index contributed by atoms with van der Waals surface area (Å²) in [6.07, 6.45) is 3.81. The molecule has 0 saturated heterocycles. The normalized spacial score (nSPS) is 17.6. The second kappa shape index (κ2) is 4.75. The number of H-pyrrole nitrogens is 1. The largest absolute Gasteiger partial charge is 0.347 e. The molecule has 6 heteroatoms.